The first-order chi connectivity index (χ1) is 3.83. The summed E-state index contributed by atoms with van der Waals surface area (Å²) in [4.78, 5) is 0. The Hall–Kier alpha value is -0.300. The topological polar surface area (TPSA) is 26.0 Å². The summed E-state index contributed by atoms with van der Waals surface area (Å²) in [5, 5.41) is 0. The van der Waals surface area contributed by atoms with Gasteiger partial charge in [-0.2, -0.15) is 0 Å². The average Bonchev–Trinajstić information content (AvgIpc) is 2.14. The zero-order valence-corrected chi connectivity index (χ0v) is 5.35. The molecule has 1 nitrogen and oxygen atoms in total. The summed E-state index contributed by atoms with van der Waals surface area (Å²) in [6.07, 6.45) is 4.84. The Labute approximate surface area is 50.6 Å². The highest BCUT2D eigenvalue weighted by Gasteiger charge is 2.08. The quantitative estimate of drug-likeness (QED) is 0.507. The SMILES string of the molecule is CC1C=C(CN)CC1. The van der Waals surface area contributed by atoms with E-state index in [4.69, 9.17) is 5.73 Å². The van der Waals surface area contributed by atoms with Crippen molar-refractivity contribution < 1.29 is 0 Å². The molecule has 8 heavy (non-hydrogen) atoms. The van der Waals surface area contributed by atoms with Crippen molar-refractivity contribution in [1.29, 1.82) is 0 Å². The lowest BCUT2D eigenvalue weighted by molar-refractivity contribution is 0.696. The summed E-state index contributed by atoms with van der Waals surface area (Å²) >= 11 is 0. The Bertz CT molecular complexity index is 105. The molecule has 0 fully saturated rings. The van der Waals surface area contributed by atoms with Gasteiger partial charge in [-0.15, -0.1) is 0 Å². The van der Waals surface area contributed by atoms with Crippen LogP contribution in [0.5, 0.6) is 0 Å². The molecule has 0 saturated carbocycles. The third-order valence-electron chi connectivity index (χ3n) is 1.70. The third-order valence-corrected chi connectivity index (χ3v) is 1.70. The minimum atomic E-state index is 0.768. The smallest absolute Gasteiger partial charge is 0.0136 e. The van der Waals surface area contributed by atoms with Crippen molar-refractivity contribution in [3.8, 4) is 0 Å². The van der Waals surface area contributed by atoms with E-state index in [9.17, 15) is 0 Å². The summed E-state index contributed by atoms with van der Waals surface area (Å²) < 4.78 is 0. The highest BCUT2D eigenvalue weighted by atomic mass is 14.5. The van der Waals surface area contributed by atoms with E-state index >= 15 is 0 Å². The summed E-state index contributed by atoms with van der Waals surface area (Å²) in [6.45, 7) is 3.01. The molecular formula is C7H13N. The Kier molecular flexibility index (Phi) is 1.69. The molecule has 1 rings (SSSR count). The fourth-order valence-corrected chi connectivity index (χ4v) is 1.15. The molecule has 1 unspecified atom stereocenters. The lowest BCUT2D eigenvalue weighted by atomic mass is 10.2. The second-order valence-corrected chi connectivity index (χ2v) is 2.54. The highest BCUT2D eigenvalue weighted by Crippen LogP contribution is 2.21. The van der Waals surface area contributed by atoms with Gasteiger partial charge in [0.25, 0.3) is 0 Å². The van der Waals surface area contributed by atoms with Crippen LogP contribution in [0, 0.1) is 5.92 Å². The van der Waals surface area contributed by atoms with Crippen LogP contribution in [-0.4, -0.2) is 6.54 Å². The van der Waals surface area contributed by atoms with Crippen molar-refractivity contribution in [2.24, 2.45) is 11.7 Å². The maximum Gasteiger partial charge on any atom is 0.0136 e. The number of hydrogen-bond donors (Lipinski definition) is 1. The van der Waals surface area contributed by atoms with E-state index < -0.39 is 0 Å². The van der Waals surface area contributed by atoms with Crippen LogP contribution in [0.25, 0.3) is 0 Å². The van der Waals surface area contributed by atoms with E-state index in [1.807, 2.05) is 0 Å². The van der Waals surface area contributed by atoms with Crippen LogP contribution in [0.1, 0.15) is 19.8 Å². The van der Waals surface area contributed by atoms with Crippen molar-refractivity contribution in [2.45, 2.75) is 19.8 Å². The maximum atomic E-state index is 5.43. The normalized spacial score (nSPS) is 28.2. The van der Waals surface area contributed by atoms with Gasteiger partial charge >= 0.3 is 0 Å². The van der Waals surface area contributed by atoms with E-state index in [2.05, 4.69) is 13.0 Å². The Morgan fingerprint density at radius 2 is 2.62 bits per heavy atom. The molecule has 0 aromatic heterocycles. The van der Waals surface area contributed by atoms with Crippen LogP contribution in [0.4, 0.5) is 0 Å². The first-order valence-electron chi connectivity index (χ1n) is 3.22. The zero-order chi connectivity index (χ0) is 5.98. The molecule has 0 amide bonds. The van der Waals surface area contributed by atoms with Gasteiger partial charge in [-0.1, -0.05) is 18.6 Å². The molecule has 1 heteroatoms. The van der Waals surface area contributed by atoms with Gasteiger partial charge < -0.3 is 5.73 Å². The minimum absolute atomic E-state index is 0.768. The second-order valence-electron chi connectivity index (χ2n) is 2.54. The lowest BCUT2D eigenvalue weighted by Crippen LogP contribution is -1.99. The van der Waals surface area contributed by atoms with Crippen molar-refractivity contribution in [3.63, 3.8) is 0 Å². The van der Waals surface area contributed by atoms with Gasteiger partial charge in [0, 0.05) is 6.54 Å². The molecular weight excluding hydrogens is 98.1 g/mol. The molecule has 1 aliphatic carbocycles. The van der Waals surface area contributed by atoms with Crippen LogP contribution >= 0.6 is 0 Å². The number of hydrogen-bond acceptors (Lipinski definition) is 1. The number of rotatable bonds is 1. The minimum Gasteiger partial charge on any atom is -0.327 e. The molecule has 1 aliphatic rings. The molecule has 0 aromatic carbocycles. The summed E-state index contributed by atoms with van der Waals surface area (Å²) in [5.41, 5.74) is 6.87. The Morgan fingerprint density at radius 1 is 1.88 bits per heavy atom. The number of allylic oxidation sites excluding steroid dienone is 1. The fourth-order valence-electron chi connectivity index (χ4n) is 1.15. The molecule has 1 atom stereocenters. The predicted octanol–water partition coefficient (Wildman–Crippen LogP) is 1.30. The van der Waals surface area contributed by atoms with Crippen LogP contribution in [0.3, 0.4) is 0 Å². The van der Waals surface area contributed by atoms with Crippen molar-refractivity contribution in [1.82, 2.24) is 0 Å². The van der Waals surface area contributed by atoms with Gasteiger partial charge in [-0.05, 0) is 18.8 Å². The highest BCUT2D eigenvalue weighted by molar-refractivity contribution is 5.10. The first kappa shape index (κ1) is 5.83. The van der Waals surface area contributed by atoms with Gasteiger partial charge in [0.2, 0.25) is 0 Å². The molecule has 0 heterocycles. The van der Waals surface area contributed by atoms with Gasteiger partial charge in [0.15, 0.2) is 0 Å². The summed E-state index contributed by atoms with van der Waals surface area (Å²) in [7, 11) is 0. The first-order valence-corrected chi connectivity index (χ1v) is 3.22. The van der Waals surface area contributed by atoms with Gasteiger partial charge in [-0.25, -0.2) is 0 Å². The average molecular weight is 111 g/mol. The zero-order valence-electron chi connectivity index (χ0n) is 5.35. The molecule has 0 bridgehead atoms. The third kappa shape index (κ3) is 1.10. The predicted molar refractivity (Wildman–Crippen MR) is 35.5 cm³/mol. The summed E-state index contributed by atoms with van der Waals surface area (Å²) in [6, 6.07) is 0. The van der Waals surface area contributed by atoms with E-state index in [-0.39, 0.29) is 0 Å². The van der Waals surface area contributed by atoms with Crippen LogP contribution in [0.15, 0.2) is 11.6 Å². The van der Waals surface area contributed by atoms with Crippen molar-refractivity contribution >= 4 is 0 Å². The second kappa shape index (κ2) is 2.31. The standard InChI is InChI=1S/C7H13N/c1-6-2-3-7(4-6)5-8/h4,6H,2-3,5,8H2,1H3. The molecule has 0 spiro atoms. The van der Waals surface area contributed by atoms with E-state index in [1.165, 1.54) is 18.4 Å². The van der Waals surface area contributed by atoms with Gasteiger partial charge in [0.05, 0.1) is 0 Å². The van der Waals surface area contributed by atoms with Crippen molar-refractivity contribution in [2.75, 3.05) is 6.54 Å². The van der Waals surface area contributed by atoms with Crippen LogP contribution in [-0.2, 0) is 0 Å². The molecule has 2 N–H and O–H groups in total. The molecule has 0 aromatic rings. The van der Waals surface area contributed by atoms with E-state index in [1.54, 1.807) is 0 Å². The van der Waals surface area contributed by atoms with Crippen LogP contribution in [0.2, 0.25) is 0 Å². The van der Waals surface area contributed by atoms with Gasteiger partial charge in [0.1, 0.15) is 0 Å². The molecule has 0 aliphatic heterocycles. The molecule has 0 radical (unpaired) electrons. The monoisotopic (exact) mass is 111 g/mol. The van der Waals surface area contributed by atoms with E-state index in [0.717, 1.165) is 12.5 Å². The maximum absolute atomic E-state index is 5.43. The summed E-state index contributed by atoms with van der Waals surface area (Å²) in [5.74, 6) is 0.786. The van der Waals surface area contributed by atoms with Gasteiger partial charge in [-0.3, -0.25) is 0 Å². The van der Waals surface area contributed by atoms with Crippen molar-refractivity contribution in [3.05, 3.63) is 11.6 Å². The number of nitrogens with two attached hydrogens (primary N) is 1. The largest absolute Gasteiger partial charge is 0.327 e. The molecule has 46 valence electrons. The Balaban J connectivity index is 2.44. The van der Waals surface area contributed by atoms with E-state index in [0.29, 0.717) is 0 Å². The Morgan fingerprint density at radius 3 is 2.88 bits per heavy atom. The fraction of sp³-hybridized carbons (Fsp3) is 0.714. The van der Waals surface area contributed by atoms with Crippen LogP contribution < -0.4 is 5.73 Å². The lowest BCUT2D eigenvalue weighted by Gasteiger charge is -1.90. The molecule has 0 saturated heterocycles.